The van der Waals surface area contributed by atoms with Gasteiger partial charge in [0.15, 0.2) is 5.69 Å². The summed E-state index contributed by atoms with van der Waals surface area (Å²) in [6, 6.07) is 9.97. The Bertz CT molecular complexity index is 609. The monoisotopic (exact) mass is 272 g/mol. The first-order chi connectivity index (χ1) is 9.79. The predicted molar refractivity (Wildman–Crippen MR) is 74.0 cm³/mol. The zero-order valence-electron chi connectivity index (χ0n) is 11.2. The van der Waals surface area contributed by atoms with E-state index < -0.39 is 0 Å². The summed E-state index contributed by atoms with van der Waals surface area (Å²) in [6.45, 7) is 1.96. The van der Waals surface area contributed by atoms with Crippen LogP contribution in [0.15, 0.2) is 36.5 Å². The molecule has 0 saturated carbocycles. The van der Waals surface area contributed by atoms with Gasteiger partial charge in [0.2, 0.25) is 0 Å². The van der Waals surface area contributed by atoms with Crippen molar-refractivity contribution in [3.63, 3.8) is 0 Å². The van der Waals surface area contributed by atoms with Crippen LogP contribution in [-0.4, -0.2) is 34.2 Å². The summed E-state index contributed by atoms with van der Waals surface area (Å²) in [5.74, 6) is -0.0304. The molecule has 0 atom stereocenters. The highest BCUT2D eigenvalue weighted by molar-refractivity contribution is 5.98. The number of anilines is 1. The number of nitrogens with one attached hydrogen (secondary N) is 1. The van der Waals surface area contributed by atoms with Crippen LogP contribution in [-0.2, 0) is 17.9 Å². The van der Waals surface area contributed by atoms with Crippen molar-refractivity contribution >= 4 is 11.6 Å². The molecule has 0 radical (unpaired) electrons. The van der Waals surface area contributed by atoms with E-state index in [0.717, 1.165) is 5.56 Å². The maximum atomic E-state index is 12.5. The quantitative estimate of drug-likeness (QED) is 0.857. The summed E-state index contributed by atoms with van der Waals surface area (Å²) in [5.41, 5.74) is 4.98. The largest absolute Gasteiger partial charge is 0.331 e. The molecule has 20 heavy (non-hydrogen) atoms. The zero-order chi connectivity index (χ0) is 13.9. The maximum Gasteiger partial charge on any atom is 0.274 e. The van der Waals surface area contributed by atoms with Crippen LogP contribution in [0.5, 0.6) is 0 Å². The molecule has 1 aliphatic heterocycles. The van der Waals surface area contributed by atoms with Gasteiger partial charge < -0.3 is 4.90 Å². The second kappa shape index (κ2) is 5.34. The van der Waals surface area contributed by atoms with Gasteiger partial charge in [-0.3, -0.25) is 19.8 Å². The van der Waals surface area contributed by atoms with E-state index in [2.05, 4.69) is 10.6 Å². The third-order valence-electron chi connectivity index (χ3n) is 3.34. The summed E-state index contributed by atoms with van der Waals surface area (Å²) in [7, 11) is 1.51. The first kappa shape index (κ1) is 12.7. The summed E-state index contributed by atoms with van der Waals surface area (Å²) < 4.78 is 1.71. The molecule has 104 valence electrons. The van der Waals surface area contributed by atoms with Crippen LogP contribution >= 0.6 is 0 Å². The lowest BCUT2D eigenvalue weighted by Gasteiger charge is -2.28. The van der Waals surface area contributed by atoms with Gasteiger partial charge in [-0.1, -0.05) is 30.3 Å². The molecule has 0 unspecified atom stereocenters. The van der Waals surface area contributed by atoms with Crippen molar-refractivity contribution in [2.24, 2.45) is 0 Å². The Kier molecular flexibility index (Phi) is 3.39. The molecular weight excluding hydrogens is 256 g/mol. The van der Waals surface area contributed by atoms with Crippen LogP contribution in [0.4, 0.5) is 5.69 Å². The first-order valence-electron chi connectivity index (χ1n) is 6.47. The fourth-order valence-corrected chi connectivity index (χ4v) is 2.39. The number of carbonyl (C=O) groups excluding carboxylic acids is 1. The van der Waals surface area contributed by atoms with Crippen LogP contribution < -0.4 is 5.48 Å². The third-order valence-corrected chi connectivity index (χ3v) is 3.34. The number of benzene rings is 1. The molecule has 2 aromatic rings. The molecule has 2 heterocycles. The minimum atomic E-state index is -0.0304. The van der Waals surface area contributed by atoms with Gasteiger partial charge in [0.05, 0.1) is 19.9 Å². The molecule has 0 aliphatic carbocycles. The number of nitrogens with zero attached hydrogens (tertiary/aromatic N) is 3. The topological polar surface area (TPSA) is 59.4 Å². The highest BCUT2D eigenvalue weighted by Gasteiger charge is 2.28. The Hall–Kier alpha value is -2.34. The van der Waals surface area contributed by atoms with E-state index in [1.807, 2.05) is 35.2 Å². The lowest BCUT2D eigenvalue weighted by atomic mass is 10.2. The minimum Gasteiger partial charge on any atom is -0.331 e. The summed E-state index contributed by atoms with van der Waals surface area (Å²) >= 11 is 0. The SMILES string of the molecule is CONc1cnn2c1C(=O)N(Cc1ccccc1)CC2. The van der Waals surface area contributed by atoms with Crippen molar-refractivity contribution < 1.29 is 9.63 Å². The van der Waals surface area contributed by atoms with Crippen LogP contribution in [0.1, 0.15) is 16.1 Å². The summed E-state index contributed by atoms with van der Waals surface area (Å²) in [6.07, 6.45) is 1.61. The molecule has 0 bridgehead atoms. The standard InChI is InChI=1S/C14H16N4O2/c1-20-16-12-9-15-18-8-7-17(14(19)13(12)18)10-11-5-3-2-4-6-11/h2-6,9,16H,7-8,10H2,1H3. The van der Waals surface area contributed by atoms with Gasteiger partial charge >= 0.3 is 0 Å². The Balaban J connectivity index is 1.83. The molecule has 1 aliphatic rings. The van der Waals surface area contributed by atoms with Gasteiger partial charge in [-0.2, -0.15) is 5.10 Å². The number of fused-ring (bicyclic) bond motifs is 1. The number of hydrogen-bond donors (Lipinski definition) is 1. The number of carbonyl (C=O) groups is 1. The van der Waals surface area contributed by atoms with Crippen molar-refractivity contribution in [1.29, 1.82) is 0 Å². The van der Waals surface area contributed by atoms with E-state index in [9.17, 15) is 4.79 Å². The van der Waals surface area contributed by atoms with Crippen molar-refractivity contribution in [2.45, 2.75) is 13.1 Å². The molecule has 6 nitrogen and oxygen atoms in total. The van der Waals surface area contributed by atoms with Gasteiger partial charge in [-0.25, -0.2) is 0 Å². The van der Waals surface area contributed by atoms with E-state index in [1.165, 1.54) is 7.11 Å². The van der Waals surface area contributed by atoms with Crippen molar-refractivity contribution in [3.8, 4) is 0 Å². The normalized spacial score (nSPS) is 14.2. The van der Waals surface area contributed by atoms with E-state index in [0.29, 0.717) is 31.0 Å². The fourth-order valence-electron chi connectivity index (χ4n) is 2.39. The van der Waals surface area contributed by atoms with Crippen LogP contribution in [0, 0.1) is 0 Å². The van der Waals surface area contributed by atoms with E-state index >= 15 is 0 Å². The summed E-state index contributed by atoms with van der Waals surface area (Å²) in [4.78, 5) is 19.3. The van der Waals surface area contributed by atoms with Gasteiger partial charge in [0.1, 0.15) is 5.69 Å². The maximum absolute atomic E-state index is 12.5. The summed E-state index contributed by atoms with van der Waals surface area (Å²) in [5, 5.41) is 4.19. The van der Waals surface area contributed by atoms with Crippen LogP contribution in [0.25, 0.3) is 0 Å². The van der Waals surface area contributed by atoms with Gasteiger partial charge in [-0.15, -0.1) is 0 Å². The Morgan fingerprint density at radius 1 is 1.30 bits per heavy atom. The molecule has 6 heteroatoms. The van der Waals surface area contributed by atoms with Gasteiger partial charge in [0, 0.05) is 13.1 Å². The smallest absolute Gasteiger partial charge is 0.274 e. The second-order valence-electron chi connectivity index (χ2n) is 4.65. The minimum absolute atomic E-state index is 0.0304. The number of hydrogen-bond acceptors (Lipinski definition) is 4. The molecule has 1 N–H and O–H groups in total. The molecule has 3 rings (SSSR count). The van der Waals surface area contributed by atoms with Crippen LogP contribution in [0.2, 0.25) is 0 Å². The molecule has 0 spiro atoms. The Labute approximate surface area is 116 Å². The molecule has 0 saturated heterocycles. The van der Waals surface area contributed by atoms with Crippen molar-refractivity contribution in [1.82, 2.24) is 14.7 Å². The van der Waals surface area contributed by atoms with E-state index in [-0.39, 0.29) is 5.91 Å². The van der Waals surface area contributed by atoms with Gasteiger partial charge in [0.25, 0.3) is 5.91 Å². The van der Waals surface area contributed by atoms with E-state index in [4.69, 9.17) is 4.84 Å². The second-order valence-corrected chi connectivity index (χ2v) is 4.65. The fraction of sp³-hybridized carbons (Fsp3) is 0.286. The predicted octanol–water partition coefficient (Wildman–Crippen LogP) is 1.51. The Morgan fingerprint density at radius 2 is 2.10 bits per heavy atom. The molecule has 1 aromatic heterocycles. The number of rotatable bonds is 4. The molecule has 1 aromatic carbocycles. The third kappa shape index (κ3) is 2.25. The average molecular weight is 272 g/mol. The number of amides is 1. The zero-order valence-corrected chi connectivity index (χ0v) is 11.2. The average Bonchev–Trinajstić information content (AvgIpc) is 2.88. The molecular formula is C14H16N4O2. The first-order valence-corrected chi connectivity index (χ1v) is 6.47. The van der Waals surface area contributed by atoms with Gasteiger partial charge in [-0.05, 0) is 5.56 Å². The van der Waals surface area contributed by atoms with E-state index in [1.54, 1.807) is 10.9 Å². The lowest BCUT2D eigenvalue weighted by Crippen LogP contribution is -2.40. The van der Waals surface area contributed by atoms with Crippen molar-refractivity contribution in [2.75, 3.05) is 19.1 Å². The number of aromatic nitrogens is 2. The molecule has 0 fully saturated rings. The molecule has 1 amide bonds. The highest BCUT2D eigenvalue weighted by Crippen LogP contribution is 2.22. The van der Waals surface area contributed by atoms with Crippen LogP contribution in [0.3, 0.4) is 0 Å². The Morgan fingerprint density at radius 3 is 2.85 bits per heavy atom. The lowest BCUT2D eigenvalue weighted by molar-refractivity contribution is 0.0683. The van der Waals surface area contributed by atoms with Crippen molar-refractivity contribution in [3.05, 3.63) is 47.8 Å². The highest BCUT2D eigenvalue weighted by atomic mass is 16.6.